The monoisotopic (exact) mass is 389 g/mol. The van der Waals surface area contributed by atoms with Crippen LogP contribution in [-0.4, -0.2) is 25.1 Å². The minimum atomic E-state index is -0.826. The Morgan fingerprint density at radius 3 is 2.59 bits per heavy atom. The summed E-state index contributed by atoms with van der Waals surface area (Å²) in [5.74, 6) is -0.220. The summed E-state index contributed by atoms with van der Waals surface area (Å²) in [5.41, 5.74) is 11.6. The molecule has 0 fully saturated rings. The fraction of sp³-hybridized carbons (Fsp3) is 0.429. The molecule has 1 heterocycles. The molecule has 0 saturated heterocycles. The topological polar surface area (TPSA) is 77.2 Å². The number of methoxy groups -OCH3 is 1. The fourth-order valence-corrected chi connectivity index (χ4v) is 3.80. The molecule has 146 valence electrons. The van der Waals surface area contributed by atoms with Crippen LogP contribution in [0.15, 0.2) is 24.4 Å². The Kier molecular flexibility index (Phi) is 6.37. The van der Waals surface area contributed by atoms with Crippen molar-refractivity contribution < 1.29 is 9.53 Å². The number of nitrogen functional groups attached to an aromatic ring is 1. The summed E-state index contributed by atoms with van der Waals surface area (Å²) in [6.45, 7) is 7.65. The first-order chi connectivity index (χ1) is 12.7. The average Bonchev–Trinajstić information content (AvgIpc) is 2.65. The van der Waals surface area contributed by atoms with Gasteiger partial charge in [0, 0.05) is 30.7 Å². The number of aryl methyl sites for hydroxylation is 1. The molecule has 5 nitrogen and oxygen atoms in total. The number of ether oxygens (including phenoxy) is 1. The van der Waals surface area contributed by atoms with E-state index in [-0.39, 0.29) is 11.9 Å². The highest BCUT2D eigenvalue weighted by molar-refractivity contribution is 6.17. The maximum Gasteiger partial charge on any atom is 0.312 e. The summed E-state index contributed by atoms with van der Waals surface area (Å²) in [6.07, 6.45) is 1.81. The molecule has 27 heavy (non-hydrogen) atoms. The summed E-state index contributed by atoms with van der Waals surface area (Å²) < 4.78 is 5.11. The number of rotatable bonds is 6. The van der Waals surface area contributed by atoms with Crippen molar-refractivity contribution in [3.8, 4) is 0 Å². The number of esters is 1. The highest BCUT2D eigenvalue weighted by Gasteiger charge is 2.41. The van der Waals surface area contributed by atoms with Crippen molar-refractivity contribution in [3.63, 3.8) is 0 Å². The zero-order valence-electron chi connectivity index (χ0n) is 16.8. The van der Waals surface area contributed by atoms with Gasteiger partial charge < -0.3 is 15.8 Å². The van der Waals surface area contributed by atoms with Crippen molar-refractivity contribution in [2.45, 2.75) is 39.5 Å². The minimum Gasteiger partial charge on any atom is -0.469 e. The Balaban J connectivity index is 2.76. The molecule has 1 unspecified atom stereocenters. The summed E-state index contributed by atoms with van der Waals surface area (Å²) in [5, 5.41) is 3.09. The third kappa shape index (κ3) is 3.88. The molecule has 2 rings (SSSR count). The largest absolute Gasteiger partial charge is 0.469 e. The van der Waals surface area contributed by atoms with Crippen LogP contribution in [0, 0.1) is 19.3 Å². The first-order valence-electron chi connectivity index (χ1n) is 8.85. The van der Waals surface area contributed by atoms with Gasteiger partial charge in [0.1, 0.15) is 0 Å². The van der Waals surface area contributed by atoms with E-state index in [2.05, 4.69) is 10.3 Å². The van der Waals surface area contributed by atoms with Crippen LogP contribution in [0.2, 0.25) is 0 Å². The Bertz CT molecular complexity index is 850. The SMILES string of the molecule is CNc1ccc(C(c2cnc(C)c(CCl)c2)C(C)(C)C(=O)OC)c(C)c1N. The number of aromatic nitrogens is 1. The van der Waals surface area contributed by atoms with Crippen LogP contribution in [0.5, 0.6) is 0 Å². The normalized spacial score (nSPS) is 12.6. The number of nitrogens with zero attached hydrogens (tertiary/aromatic N) is 1. The average molecular weight is 390 g/mol. The molecule has 1 atom stereocenters. The quantitative estimate of drug-likeness (QED) is 0.435. The fourth-order valence-electron chi connectivity index (χ4n) is 3.53. The van der Waals surface area contributed by atoms with E-state index in [0.29, 0.717) is 11.6 Å². The van der Waals surface area contributed by atoms with Crippen molar-refractivity contribution in [1.29, 1.82) is 0 Å². The third-order valence-corrected chi connectivity index (χ3v) is 5.55. The van der Waals surface area contributed by atoms with Crippen molar-refractivity contribution in [2.24, 2.45) is 5.41 Å². The number of pyridine rings is 1. The molecule has 1 aromatic carbocycles. The predicted molar refractivity (Wildman–Crippen MR) is 111 cm³/mol. The second kappa shape index (κ2) is 8.17. The van der Waals surface area contributed by atoms with Crippen LogP contribution in [0.1, 0.15) is 47.7 Å². The van der Waals surface area contributed by atoms with Gasteiger partial charge in [-0.1, -0.05) is 12.1 Å². The van der Waals surface area contributed by atoms with Gasteiger partial charge in [0.05, 0.1) is 23.9 Å². The first kappa shape index (κ1) is 21.0. The highest BCUT2D eigenvalue weighted by Crippen LogP contribution is 2.45. The van der Waals surface area contributed by atoms with Crippen LogP contribution in [0.4, 0.5) is 11.4 Å². The predicted octanol–water partition coefficient (Wildman–Crippen LogP) is 4.39. The molecule has 1 aromatic heterocycles. The molecule has 0 spiro atoms. The van der Waals surface area contributed by atoms with E-state index < -0.39 is 5.41 Å². The molecule has 0 aliphatic carbocycles. The summed E-state index contributed by atoms with van der Waals surface area (Å²) in [6, 6.07) is 5.96. The number of benzene rings is 1. The Morgan fingerprint density at radius 2 is 2.04 bits per heavy atom. The van der Waals surface area contributed by atoms with Crippen molar-refractivity contribution in [3.05, 3.63) is 52.3 Å². The summed E-state index contributed by atoms with van der Waals surface area (Å²) in [4.78, 5) is 17.2. The van der Waals surface area contributed by atoms with Gasteiger partial charge in [-0.2, -0.15) is 0 Å². The highest BCUT2D eigenvalue weighted by atomic mass is 35.5. The lowest BCUT2D eigenvalue weighted by Crippen LogP contribution is -2.34. The smallest absolute Gasteiger partial charge is 0.312 e. The van der Waals surface area contributed by atoms with Gasteiger partial charge in [-0.05, 0) is 56.0 Å². The van der Waals surface area contributed by atoms with Crippen LogP contribution in [0.25, 0.3) is 0 Å². The van der Waals surface area contributed by atoms with Crippen molar-refractivity contribution in [2.75, 3.05) is 25.2 Å². The van der Waals surface area contributed by atoms with Gasteiger partial charge in [0.2, 0.25) is 0 Å². The van der Waals surface area contributed by atoms with Gasteiger partial charge in [-0.25, -0.2) is 0 Å². The number of halogens is 1. The van der Waals surface area contributed by atoms with E-state index in [1.165, 1.54) is 7.11 Å². The van der Waals surface area contributed by atoms with E-state index in [1.807, 2.05) is 59.1 Å². The van der Waals surface area contributed by atoms with E-state index in [4.69, 9.17) is 22.1 Å². The second-order valence-corrected chi connectivity index (χ2v) is 7.55. The molecule has 0 saturated carbocycles. The first-order valence-corrected chi connectivity index (χ1v) is 9.39. The number of alkyl halides is 1. The van der Waals surface area contributed by atoms with Gasteiger partial charge >= 0.3 is 5.97 Å². The van der Waals surface area contributed by atoms with Gasteiger partial charge in [0.15, 0.2) is 0 Å². The van der Waals surface area contributed by atoms with Crippen molar-refractivity contribution in [1.82, 2.24) is 4.98 Å². The lowest BCUT2D eigenvalue weighted by molar-refractivity contribution is -0.151. The molecule has 6 heteroatoms. The number of carbonyl (C=O) groups excluding carboxylic acids is 1. The molecule has 0 radical (unpaired) electrons. The van der Waals surface area contributed by atoms with Gasteiger partial charge in [0.25, 0.3) is 0 Å². The minimum absolute atomic E-state index is 0.284. The van der Waals surface area contributed by atoms with E-state index in [0.717, 1.165) is 33.6 Å². The van der Waals surface area contributed by atoms with Crippen LogP contribution < -0.4 is 11.1 Å². The van der Waals surface area contributed by atoms with E-state index >= 15 is 0 Å². The number of nitrogens with two attached hydrogens (primary N) is 1. The molecular formula is C21H28ClN3O2. The molecule has 2 aromatic rings. The van der Waals surface area contributed by atoms with E-state index in [1.54, 1.807) is 0 Å². The lowest BCUT2D eigenvalue weighted by Gasteiger charge is -2.34. The maximum atomic E-state index is 12.7. The van der Waals surface area contributed by atoms with Gasteiger partial charge in [-0.15, -0.1) is 11.6 Å². The molecule has 0 amide bonds. The summed E-state index contributed by atoms with van der Waals surface area (Å²) >= 11 is 6.10. The van der Waals surface area contributed by atoms with Crippen LogP contribution >= 0.6 is 11.6 Å². The second-order valence-electron chi connectivity index (χ2n) is 7.28. The van der Waals surface area contributed by atoms with Crippen LogP contribution in [0.3, 0.4) is 0 Å². The Hall–Kier alpha value is -2.27. The maximum absolute atomic E-state index is 12.7. The molecule has 0 bridgehead atoms. The molecule has 3 N–H and O–H groups in total. The summed E-state index contributed by atoms with van der Waals surface area (Å²) in [7, 11) is 3.24. The zero-order valence-corrected chi connectivity index (χ0v) is 17.6. The zero-order chi connectivity index (χ0) is 20.4. The number of anilines is 2. The number of carbonyl (C=O) groups is 1. The number of hydrogen-bond acceptors (Lipinski definition) is 5. The van der Waals surface area contributed by atoms with Gasteiger partial charge in [-0.3, -0.25) is 9.78 Å². The molecule has 0 aliphatic heterocycles. The number of hydrogen-bond donors (Lipinski definition) is 2. The lowest BCUT2D eigenvalue weighted by atomic mass is 9.70. The van der Waals surface area contributed by atoms with E-state index in [9.17, 15) is 4.79 Å². The van der Waals surface area contributed by atoms with Crippen LogP contribution in [-0.2, 0) is 15.4 Å². The Morgan fingerprint density at radius 1 is 1.37 bits per heavy atom. The van der Waals surface area contributed by atoms with Crippen molar-refractivity contribution >= 4 is 28.9 Å². The molecule has 0 aliphatic rings. The standard InChI is InChI=1S/C21H28ClN3O2/c1-12-16(7-8-17(24-5)19(12)23)18(21(3,4)20(26)27-6)15-9-14(10-22)13(2)25-11-15/h7-9,11,18,24H,10,23H2,1-6H3. The Labute approximate surface area is 166 Å². The number of nitrogens with one attached hydrogen (secondary N) is 1. The third-order valence-electron chi connectivity index (χ3n) is 5.26. The molecular weight excluding hydrogens is 362 g/mol.